The standard InChI is InChI=1S/C26H51NOS3/c1-3-4-5-6-7-8-9-12-15-18-21-25(29)22-19-16-13-10-11-14-17-20-23-31-26(30)27-24(2)28/h25,29H,3-23H2,1-2H3,(H,27,28,30). The van der Waals surface area contributed by atoms with E-state index >= 15 is 0 Å². The SMILES string of the molecule is CCCCCCCCCCCCC(S)CCCCCCCCCCSC(=S)NC(C)=O. The summed E-state index contributed by atoms with van der Waals surface area (Å²) in [5.41, 5.74) is 0. The first-order chi connectivity index (χ1) is 15.1. The van der Waals surface area contributed by atoms with Crippen molar-refractivity contribution >= 4 is 46.8 Å². The summed E-state index contributed by atoms with van der Waals surface area (Å²) in [6.07, 6.45) is 27.4. The zero-order valence-corrected chi connectivity index (χ0v) is 23.1. The quantitative estimate of drug-likeness (QED) is 0.0901. The molecule has 1 amide bonds. The molecule has 0 aromatic rings. The lowest BCUT2D eigenvalue weighted by Crippen LogP contribution is -2.23. The van der Waals surface area contributed by atoms with Crippen molar-refractivity contribution in [1.29, 1.82) is 0 Å². The molecule has 2 nitrogen and oxygen atoms in total. The Balaban J connectivity index is 3.21. The first-order valence-electron chi connectivity index (χ1n) is 13.2. The number of amides is 1. The van der Waals surface area contributed by atoms with Crippen LogP contribution in [0, 0.1) is 0 Å². The fourth-order valence-electron chi connectivity index (χ4n) is 3.90. The summed E-state index contributed by atoms with van der Waals surface area (Å²) >= 11 is 11.5. The molecule has 0 bridgehead atoms. The molecule has 184 valence electrons. The van der Waals surface area contributed by atoms with E-state index < -0.39 is 0 Å². The number of carbonyl (C=O) groups is 1. The van der Waals surface area contributed by atoms with Gasteiger partial charge >= 0.3 is 0 Å². The topological polar surface area (TPSA) is 29.1 Å². The monoisotopic (exact) mass is 489 g/mol. The van der Waals surface area contributed by atoms with Gasteiger partial charge in [0.05, 0.1) is 0 Å². The minimum absolute atomic E-state index is 0.0689. The normalized spacial score (nSPS) is 12.1. The molecule has 0 saturated carbocycles. The molecule has 0 radical (unpaired) electrons. The molecule has 1 N–H and O–H groups in total. The summed E-state index contributed by atoms with van der Waals surface area (Å²) in [6.45, 7) is 3.79. The van der Waals surface area contributed by atoms with E-state index in [4.69, 9.17) is 24.8 Å². The molecular formula is C26H51NOS3. The van der Waals surface area contributed by atoms with Crippen LogP contribution in [0.3, 0.4) is 0 Å². The van der Waals surface area contributed by atoms with Crippen LogP contribution >= 0.6 is 36.6 Å². The fourth-order valence-corrected chi connectivity index (χ4v) is 5.41. The molecule has 0 aromatic carbocycles. The summed E-state index contributed by atoms with van der Waals surface area (Å²) < 4.78 is 0.614. The second kappa shape index (κ2) is 24.9. The van der Waals surface area contributed by atoms with Gasteiger partial charge in [-0.25, -0.2) is 0 Å². The van der Waals surface area contributed by atoms with Crippen molar-refractivity contribution in [3.05, 3.63) is 0 Å². The van der Waals surface area contributed by atoms with Gasteiger partial charge in [0.1, 0.15) is 4.32 Å². The summed E-state index contributed by atoms with van der Waals surface area (Å²) in [5, 5.41) is 3.28. The highest BCUT2D eigenvalue weighted by Gasteiger charge is 2.03. The Kier molecular flexibility index (Phi) is 25.1. The third-order valence-corrected chi connectivity index (χ3v) is 7.66. The summed E-state index contributed by atoms with van der Waals surface area (Å²) in [7, 11) is 0. The molecule has 0 saturated heterocycles. The minimum atomic E-state index is -0.0689. The highest BCUT2D eigenvalue weighted by molar-refractivity contribution is 8.23. The molecular weight excluding hydrogens is 438 g/mol. The van der Waals surface area contributed by atoms with Gasteiger partial charge in [-0.1, -0.05) is 140 Å². The van der Waals surface area contributed by atoms with Gasteiger partial charge in [-0.3, -0.25) is 4.79 Å². The summed E-state index contributed by atoms with van der Waals surface area (Å²) in [6, 6.07) is 0. The largest absolute Gasteiger partial charge is 0.312 e. The number of hydrogen-bond donors (Lipinski definition) is 2. The van der Waals surface area contributed by atoms with E-state index in [2.05, 4.69) is 12.2 Å². The van der Waals surface area contributed by atoms with Crippen molar-refractivity contribution in [2.45, 2.75) is 148 Å². The Bertz CT molecular complexity index is 417. The van der Waals surface area contributed by atoms with Crippen LogP contribution in [0.25, 0.3) is 0 Å². The van der Waals surface area contributed by atoms with Crippen LogP contribution in [0.5, 0.6) is 0 Å². The number of unbranched alkanes of at least 4 members (excludes halogenated alkanes) is 16. The van der Waals surface area contributed by atoms with Gasteiger partial charge in [0.2, 0.25) is 5.91 Å². The molecule has 0 fully saturated rings. The molecule has 0 spiro atoms. The van der Waals surface area contributed by atoms with Gasteiger partial charge in [-0.15, -0.1) is 0 Å². The van der Waals surface area contributed by atoms with Gasteiger partial charge in [0.15, 0.2) is 0 Å². The highest BCUT2D eigenvalue weighted by atomic mass is 32.2. The zero-order valence-electron chi connectivity index (χ0n) is 20.6. The molecule has 0 aliphatic carbocycles. The van der Waals surface area contributed by atoms with Crippen molar-refractivity contribution in [3.8, 4) is 0 Å². The van der Waals surface area contributed by atoms with Crippen LogP contribution in [0.4, 0.5) is 0 Å². The molecule has 0 aliphatic rings. The number of thioether (sulfide) groups is 1. The van der Waals surface area contributed by atoms with E-state index in [0.717, 1.165) is 5.75 Å². The molecule has 0 heterocycles. The van der Waals surface area contributed by atoms with E-state index in [0.29, 0.717) is 9.57 Å². The number of carbonyl (C=O) groups excluding carboxylic acids is 1. The average molecular weight is 490 g/mol. The molecule has 5 heteroatoms. The van der Waals surface area contributed by atoms with E-state index in [1.54, 1.807) is 11.8 Å². The molecule has 0 aromatic heterocycles. The van der Waals surface area contributed by atoms with Crippen molar-refractivity contribution in [2.75, 3.05) is 5.75 Å². The Morgan fingerprint density at radius 2 is 1.13 bits per heavy atom. The number of hydrogen-bond acceptors (Lipinski definition) is 4. The Hall–Kier alpha value is 0.260. The fraction of sp³-hybridized carbons (Fsp3) is 0.923. The second-order valence-corrected chi connectivity index (χ2v) is 11.6. The molecule has 0 aliphatic heterocycles. The lowest BCUT2D eigenvalue weighted by Gasteiger charge is -2.10. The van der Waals surface area contributed by atoms with Crippen molar-refractivity contribution in [2.24, 2.45) is 0 Å². The van der Waals surface area contributed by atoms with Crippen molar-refractivity contribution in [1.82, 2.24) is 5.32 Å². The van der Waals surface area contributed by atoms with Crippen LogP contribution in [-0.4, -0.2) is 21.2 Å². The Morgan fingerprint density at radius 1 is 0.742 bits per heavy atom. The maximum atomic E-state index is 10.9. The first kappa shape index (κ1) is 31.3. The van der Waals surface area contributed by atoms with Gasteiger partial charge in [-0.2, -0.15) is 12.6 Å². The molecule has 1 atom stereocenters. The van der Waals surface area contributed by atoms with Crippen molar-refractivity contribution in [3.63, 3.8) is 0 Å². The van der Waals surface area contributed by atoms with Gasteiger partial charge in [-0.05, 0) is 19.3 Å². The van der Waals surface area contributed by atoms with Gasteiger partial charge < -0.3 is 5.32 Å². The van der Waals surface area contributed by atoms with E-state index in [1.165, 1.54) is 135 Å². The number of thiol groups is 1. The van der Waals surface area contributed by atoms with Crippen LogP contribution in [-0.2, 0) is 4.79 Å². The van der Waals surface area contributed by atoms with Gasteiger partial charge in [0, 0.05) is 17.9 Å². The predicted octanol–water partition coefficient (Wildman–Crippen LogP) is 9.26. The van der Waals surface area contributed by atoms with Crippen LogP contribution in [0.2, 0.25) is 0 Å². The molecule has 0 rings (SSSR count). The second-order valence-electron chi connectivity index (χ2n) is 9.06. The maximum Gasteiger partial charge on any atom is 0.222 e. The summed E-state index contributed by atoms with van der Waals surface area (Å²) in [4.78, 5) is 10.9. The van der Waals surface area contributed by atoms with Crippen LogP contribution in [0.15, 0.2) is 0 Å². The smallest absolute Gasteiger partial charge is 0.222 e. The summed E-state index contributed by atoms with van der Waals surface area (Å²) in [5.74, 6) is 0.946. The zero-order chi connectivity index (χ0) is 23.0. The highest BCUT2D eigenvalue weighted by Crippen LogP contribution is 2.18. The Morgan fingerprint density at radius 3 is 1.55 bits per heavy atom. The number of rotatable bonds is 22. The number of thiocarbonyl (C=S) groups is 1. The van der Waals surface area contributed by atoms with Crippen LogP contribution in [0.1, 0.15) is 142 Å². The number of nitrogens with one attached hydrogen (secondary N) is 1. The van der Waals surface area contributed by atoms with Crippen LogP contribution < -0.4 is 5.32 Å². The lowest BCUT2D eigenvalue weighted by molar-refractivity contribution is -0.117. The van der Waals surface area contributed by atoms with E-state index in [1.807, 2.05) is 0 Å². The predicted molar refractivity (Wildman–Crippen MR) is 150 cm³/mol. The van der Waals surface area contributed by atoms with Crippen molar-refractivity contribution < 1.29 is 4.79 Å². The molecule has 31 heavy (non-hydrogen) atoms. The molecule has 1 unspecified atom stereocenters. The third-order valence-electron chi connectivity index (χ3n) is 5.83. The minimum Gasteiger partial charge on any atom is -0.312 e. The maximum absolute atomic E-state index is 10.9. The van der Waals surface area contributed by atoms with E-state index in [-0.39, 0.29) is 5.91 Å². The Labute approximate surface area is 209 Å². The van der Waals surface area contributed by atoms with Gasteiger partial charge in [0.25, 0.3) is 0 Å². The first-order valence-corrected chi connectivity index (χ1v) is 15.1. The third kappa shape index (κ3) is 26.4. The van der Waals surface area contributed by atoms with E-state index in [9.17, 15) is 4.79 Å². The average Bonchev–Trinajstić information content (AvgIpc) is 2.72. The lowest BCUT2D eigenvalue weighted by atomic mass is 10.0.